The fraction of sp³-hybridized carbons (Fsp3) is 0.189. The van der Waals surface area contributed by atoms with Crippen LogP contribution in [-0.2, 0) is 11.8 Å². The Morgan fingerprint density at radius 1 is 0.446 bits per heavy atom. The lowest BCUT2D eigenvalue weighted by Crippen LogP contribution is -2.30. The molecule has 272 valence electrons. The Hall–Kier alpha value is -6.19. The summed E-state index contributed by atoms with van der Waals surface area (Å²) in [5.41, 5.74) is 13.8. The number of benzene rings is 6. The van der Waals surface area contributed by atoms with Gasteiger partial charge in [-0.2, -0.15) is 0 Å². The summed E-state index contributed by atoms with van der Waals surface area (Å²) in [7, 11) is 0. The van der Waals surface area contributed by atoms with Crippen LogP contribution in [0.5, 0.6) is 0 Å². The number of hydrogen-bond donors (Lipinski definition) is 0. The number of nitrogens with zero attached hydrogens (tertiary/aromatic N) is 3. The van der Waals surface area contributed by atoms with Crippen LogP contribution in [0, 0.1) is 0 Å². The predicted molar refractivity (Wildman–Crippen MR) is 233 cm³/mol. The van der Waals surface area contributed by atoms with Crippen LogP contribution in [0.3, 0.4) is 0 Å². The van der Waals surface area contributed by atoms with Crippen LogP contribution in [0.15, 0.2) is 158 Å². The zero-order valence-corrected chi connectivity index (χ0v) is 31.8. The fourth-order valence-electron chi connectivity index (χ4n) is 9.28. The van der Waals surface area contributed by atoms with Gasteiger partial charge in [-0.3, -0.25) is 0 Å². The van der Waals surface area contributed by atoms with Gasteiger partial charge in [0.15, 0.2) is 17.5 Å². The lowest BCUT2D eigenvalue weighted by molar-refractivity contribution is 0.346. The van der Waals surface area contributed by atoms with E-state index < -0.39 is 0 Å². The smallest absolute Gasteiger partial charge is 0.164 e. The Balaban J connectivity index is 0.979. The average Bonchev–Trinajstić information content (AvgIpc) is 3.29. The second kappa shape index (κ2) is 14.8. The molecular weight excluding hydrogens is 679 g/mol. The molecule has 0 amide bonds. The highest BCUT2D eigenvalue weighted by atomic mass is 15.0. The first kappa shape index (κ1) is 34.3. The molecule has 3 nitrogen and oxygen atoms in total. The summed E-state index contributed by atoms with van der Waals surface area (Å²) < 4.78 is 0. The molecule has 1 fully saturated rings. The highest BCUT2D eigenvalue weighted by molar-refractivity contribution is 5.87. The van der Waals surface area contributed by atoms with Crippen LogP contribution < -0.4 is 0 Å². The minimum Gasteiger partial charge on any atom is -0.208 e. The molecule has 7 aromatic rings. The van der Waals surface area contributed by atoms with Crippen molar-refractivity contribution < 1.29 is 0 Å². The molecule has 0 atom stereocenters. The normalized spacial score (nSPS) is 16.0. The van der Waals surface area contributed by atoms with Gasteiger partial charge in [-0.15, -0.1) is 0 Å². The summed E-state index contributed by atoms with van der Waals surface area (Å²) in [5.74, 6) is 2.14. The average molecular weight is 724 g/mol. The third-order valence-corrected chi connectivity index (χ3v) is 12.3. The van der Waals surface area contributed by atoms with E-state index in [4.69, 9.17) is 15.0 Å². The summed E-state index contributed by atoms with van der Waals surface area (Å²) in [4.78, 5) is 15.2. The van der Waals surface area contributed by atoms with E-state index in [0.717, 1.165) is 61.0 Å². The second-order valence-corrected chi connectivity index (χ2v) is 15.7. The molecule has 1 aromatic heterocycles. The van der Waals surface area contributed by atoms with E-state index in [1.807, 2.05) is 0 Å². The van der Waals surface area contributed by atoms with E-state index in [9.17, 15) is 0 Å². The number of allylic oxidation sites excluding steroid dienone is 5. The molecule has 3 aliphatic carbocycles. The molecule has 0 unspecified atom stereocenters. The SMILES string of the molecule is C1=CC(c2nc(-c3ccc(C4(c5ccc(-c6cccc(-c7cccc8c7C=CCC8)c6)cc5)CCCCC4)cc3)nc(-c3ccc4ccccc4c3)n2)=CCC1. The second-order valence-electron chi connectivity index (χ2n) is 15.7. The molecule has 0 spiro atoms. The van der Waals surface area contributed by atoms with Gasteiger partial charge in [0.05, 0.1) is 0 Å². The van der Waals surface area contributed by atoms with Gasteiger partial charge in [-0.25, -0.2) is 15.0 Å². The van der Waals surface area contributed by atoms with Gasteiger partial charge in [0, 0.05) is 22.1 Å². The molecule has 0 radical (unpaired) electrons. The first-order valence-electron chi connectivity index (χ1n) is 20.4. The minimum absolute atomic E-state index is 0.0230. The van der Waals surface area contributed by atoms with Crippen molar-refractivity contribution in [2.45, 2.75) is 63.2 Å². The molecule has 0 aliphatic heterocycles. The van der Waals surface area contributed by atoms with Gasteiger partial charge in [0.2, 0.25) is 0 Å². The number of fused-ring (bicyclic) bond motifs is 2. The zero-order chi connectivity index (χ0) is 37.3. The Kier molecular flexibility index (Phi) is 9.07. The molecule has 1 saturated carbocycles. The van der Waals surface area contributed by atoms with Gasteiger partial charge >= 0.3 is 0 Å². The lowest BCUT2D eigenvalue weighted by Gasteiger charge is -2.39. The van der Waals surface area contributed by atoms with Crippen LogP contribution in [0.1, 0.15) is 79.4 Å². The Labute approximate surface area is 330 Å². The predicted octanol–water partition coefficient (Wildman–Crippen LogP) is 13.6. The summed E-state index contributed by atoms with van der Waals surface area (Å²) in [6.07, 6.45) is 21.6. The van der Waals surface area contributed by atoms with Gasteiger partial charge in [-0.05, 0) is 106 Å². The lowest BCUT2D eigenvalue weighted by atomic mass is 9.65. The maximum atomic E-state index is 5.10. The molecule has 6 aromatic carbocycles. The van der Waals surface area contributed by atoms with Crippen molar-refractivity contribution in [2.24, 2.45) is 0 Å². The van der Waals surface area contributed by atoms with Crippen LogP contribution in [0.25, 0.3) is 67.5 Å². The molecule has 1 heterocycles. The Morgan fingerprint density at radius 2 is 1.12 bits per heavy atom. The van der Waals surface area contributed by atoms with Crippen LogP contribution in [-0.4, -0.2) is 15.0 Å². The quantitative estimate of drug-likeness (QED) is 0.164. The topological polar surface area (TPSA) is 38.7 Å². The minimum atomic E-state index is -0.0230. The molecular formula is C53H45N3. The van der Waals surface area contributed by atoms with E-state index in [1.54, 1.807) is 0 Å². The van der Waals surface area contributed by atoms with E-state index in [0.29, 0.717) is 11.6 Å². The number of aryl methyl sites for hydroxylation is 1. The molecule has 0 bridgehead atoms. The molecule has 0 N–H and O–H groups in total. The third-order valence-electron chi connectivity index (χ3n) is 12.3. The van der Waals surface area contributed by atoms with Crippen molar-refractivity contribution in [1.29, 1.82) is 0 Å². The standard InChI is InChI=1S/C53H45N3/c1-3-15-40(16-4-1)50-54-51(56-52(55-50)45-24-23-37-13-5-6-17-42(37)36-45)41-27-31-47(32-28-41)53(33-9-2-10-34-53)46-29-25-38(26-30-46)43-19-11-20-44(35-43)49-22-12-18-39-14-7-8-21-48(39)49/h3,5-6,8,11-13,15-32,35-36H,1-2,4,7,9-10,14,33-34H2. The Bertz CT molecular complexity index is 2650. The summed E-state index contributed by atoms with van der Waals surface area (Å²) in [5, 5.41) is 2.38. The molecule has 56 heavy (non-hydrogen) atoms. The van der Waals surface area contributed by atoms with E-state index in [-0.39, 0.29) is 5.41 Å². The zero-order valence-electron chi connectivity index (χ0n) is 31.8. The van der Waals surface area contributed by atoms with Crippen molar-refractivity contribution in [3.05, 3.63) is 186 Å². The highest BCUT2D eigenvalue weighted by Crippen LogP contribution is 2.46. The highest BCUT2D eigenvalue weighted by Gasteiger charge is 2.35. The number of hydrogen-bond acceptors (Lipinski definition) is 3. The van der Waals surface area contributed by atoms with Gasteiger partial charge in [0.1, 0.15) is 0 Å². The largest absolute Gasteiger partial charge is 0.208 e. The number of aromatic nitrogens is 3. The molecule has 10 rings (SSSR count). The molecule has 3 heteroatoms. The van der Waals surface area contributed by atoms with Crippen molar-refractivity contribution in [3.63, 3.8) is 0 Å². The van der Waals surface area contributed by atoms with E-state index in [1.165, 1.54) is 74.5 Å². The van der Waals surface area contributed by atoms with Gasteiger partial charge in [0.25, 0.3) is 0 Å². The van der Waals surface area contributed by atoms with Crippen LogP contribution in [0.2, 0.25) is 0 Å². The van der Waals surface area contributed by atoms with E-state index >= 15 is 0 Å². The Morgan fingerprint density at radius 3 is 1.91 bits per heavy atom. The first-order chi connectivity index (χ1) is 27.7. The van der Waals surface area contributed by atoms with E-state index in [2.05, 4.69) is 164 Å². The van der Waals surface area contributed by atoms with Crippen molar-refractivity contribution in [3.8, 4) is 45.0 Å². The first-order valence-corrected chi connectivity index (χ1v) is 20.4. The molecule has 3 aliphatic rings. The third kappa shape index (κ3) is 6.51. The maximum absolute atomic E-state index is 5.10. The monoisotopic (exact) mass is 723 g/mol. The van der Waals surface area contributed by atoms with Crippen molar-refractivity contribution in [2.75, 3.05) is 0 Å². The number of rotatable bonds is 7. The molecule has 0 saturated heterocycles. The summed E-state index contributed by atoms with van der Waals surface area (Å²) >= 11 is 0. The van der Waals surface area contributed by atoms with Gasteiger partial charge in [-0.1, -0.05) is 171 Å². The summed E-state index contributed by atoms with van der Waals surface area (Å²) in [6, 6.07) is 49.4. The maximum Gasteiger partial charge on any atom is 0.164 e. The fourth-order valence-corrected chi connectivity index (χ4v) is 9.28. The van der Waals surface area contributed by atoms with Crippen LogP contribution >= 0.6 is 0 Å². The van der Waals surface area contributed by atoms with Crippen molar-refractivity contribution >= 4 is 22.4 Å². The van der Waals surface area contributed by atoms with Crippen molar-refractivity contribution in [1.82, 2.24) is 15.0 Å². The summed E-state index contributed by atoms with van der Waals surface area (Å²) in [6.45, 7) is 0. The van der Waals surface area contributed by atoms with Gasteiger partial charge < -0.3 is 0 Å². The van der Waals surface area contributed by atoms with Crippen LogP contribution in [0.4, 0.5) is 0 Å².